The van der Waals surface area contributed by atoms with E-state index in [1.165, 1.54) is 11.9 Å². The number of hydrogen-bond acceptors (Lipinski definition) is 6. The van der Waals surface area contributed by atoms with Crippen LogP contribution in [0, 0.1) is 0 Å². The van der Waals surface area contributed by atoms with Crippen molar-refractivity contribution in [1.29, 1.82) is 0 Å². The highest BCUT2D eigenvalue weighted by molar-refractivity contribution is 7.99. The third-order valence-corrected chi connectivity index (χ3v) is 5.30. The van der Waals surface area contributed by atoms with Crippen LogP contribution in [-0.4, -0.2) is 56.5 Å². The van der Waals surface area contributed by atoms with Gasteiger partial charge in [0.1, 0.15) is 16.7 Å². The molecule has 9 heteroatoms. The molecule has 0 bridgehead atoms. The van der Waals surface area contributed by atoms with Gasteiger partial charge in [0.05, 0.1) is 7.11 Å². The van der Waals surface area contributed by atoms with Gasteiger partial charge in [-0.2, -0.15) is 4.98 Å². The maximum atomic E-state index is 13.3. The molecule has 2 heterocycles. The van der Waals surface area contributed by atoms with E-state index in [4.69, 9.17) is 4.74 Å². The smallest absolute Gasteiger partial charge is 0.249 e. The Balaban J connectivity index is 1.63. The Morgan fingerprint density at radius 1 is 1.42 bits per heavy atom. The zero-order valence-corrected chi connectivity index (χ0v) is 15.8. The molecule has 1 atom stereocenters. The first-order valence-electron chi connectivity index (χ1n) is 8.34. The second-order valence-electron chi connectivity index (χ2n) is 6.57. The maximum absolute atomic E-state index is 13.3. The number of rotatable bonds is 6. The molecule has 0 saturated carbocycles. The van der Waals surface area contributed by atoms with Gasteiger partial charge in [-0.25, -0.2) is 8.70 Å². The van der Waals surface area contributed by atoms with Crippen LogP contribution in [0.3, 0.4) is 0 Å². The number of benzene rings is 1. The topological polar surface area (TPSA) is 83.1 Å². The van der Waals surface area contributed by atoms with E-state index < -0.39 is 10.9 Å². The molecule has 0 radical (unpaired) electrons. The molecule has 3 rings (SSSR count). The van der Waals surface area contributed by atoms with Crippen molar-refractivity contribution in [3.05, 3.63) is 24.3 Å². The first-order valence-corrected chi connectivity index (χ1v) is 9.11. The van der Waals surface area contributed by atoms with E-state index in [1.54, 1.807) is 21.0 Å². The lowest BCUT2D eigenvalue weighted by Crippen LogP contribution is -2.37. The first kappa shape index (κ1) is 18.7. The van der Waals surface area contributed by atoms with Crippen LogP contribution in [0.1, 0.15) is 20.3 Å². The average Bonchev–Trinajstić information content (AvgIpc) is 3.23. The lowest BCUT2D eigenvalue weighted by Gasteiger charge is -2.27. The molecule has 0 unspecified atom stereocenters. The number of carbonyl (C=O) groups is 1. The molecule has 1 aliphatic heterocycles. The van der Waals surface area contributed by atoms with Crippen molar-refractivity contribution in [3.63, 3.8) is 0 Å². The highest BCUT2D eigenvalue weighted by Gasteiger charge is 2.35. The zero-order chi connectivity index (χ0) is 18.7. The summed E-state index contributed by atoms with van der Waals surface area (Å²) in [5.41, 5.74) is 0.832. The number of nitrogens with one attached hydrogen (secondary N) is 2. The number of H-pyrrole nitrogens is 1. The first-order chi connectivity index (χ1) is 12.4. The largest absolute Gasteiger partial charge is 0.497 e. The van der Waals surface area contributed by atoms with Gasteiger partial charge in [0.25, 0.3) is 0 Å². The molecule has 1 fully saturated rings. The van der Waals surface area contributed by atoms with E-state index in [0.717, 1.165) is 11.3 Å². The molecule has 1 aromatic carbocycles. The van der Waals surface area contributed by atoms with Gasteiger partial charge >= 0.3 is 0 Å². The van der Waals surface area contributed by atoms with E-state index >= 15 is 0 Å². The van der Waals surface area contributed by atoms with E-state index in [-0.39, 0.29) is 11.9 Å². The Bertz CT molecular complexity index is 765. The number of aromatic nitrogens is 3. The summed E-state index contributed by atoms with van der Waals surface area (Å²) in [5, 5.41) is 9.58. The third kappa shape index (κ3) is 4.34. The molecule has 0 spiro atoms. The van der Waals surface area contributed by atoms with Crippen molar-refractivity contribution in [3.8, 4) is 17.1 Å². The van der Waals surface area contributed by atoms with Gasteiger partial charge in [-0.1, -0.05) is 11.9 Å². The van der Waals surface area contributed by atoms with Gasteiger partial charge in [0.15, 0.2) is 5.82 Å². The number of aromatic amines is 1. The molecule has 26 heavy (non-hydrogen) atoms. The van der Waals surface area contributed by atoms with Crippen molar-refractivity contribution < 1.29 is 13.9 Å². The fourth-order valence-corrected chi connectivity index (χ4v) is 3.79. The number of alkyl halides is 1. The van der Waals surface area contributed by atoms with E-state index in [9.17, 15) is 9.18 Å². The van der Waals surface area contributed by atoms with Gasteiger partial charge in [-0.3, -0.25) is 15.2 Å². The van der Waals surface area contributed by atoms with Gasteiger partial charge in [0.2, 0.25) is 11.9 Å². The Labute approximate surface area is 155 Å². The number of amides is 1. The number of nitrogens with zero attached hydrogens (tertiary/aromatic N) is 3. The van der Waals surface area contributed by atoms with Gasteiger partial charge in [-0.15, -0.1) is 5.10 Å². The second kappa shape index (κ2) is 7.63. The third-order valence-electron chi connectivity index (χ3n) is 4.07. The van der Waals surface area contributed by atoms with Crippen LogP contribution in [0.5, 0.6) is 5.75 Å². The van der Waals surface area contributed by atoms with E-state index in [1.807, 2.05) is 28.6 Å². The highest BCUT2D eigenvalue weighted by atomic mass is 32.2. The van der Waals surface area contributed by atoms with Crippen LogP contribution >= 0.6 is 11.9 Å². The molecule has 1 saturated heterocycles. The second-order valence-corrected chi connectivity index (χ2v) is 8.29. The molecular formula is C17H22FN5O2S. The quantitative estimate of drug-likeness (QED) is 0.751. The minimum absolute atomic E-state index is 0.208. The standard InChI is InChI=1S/C17H22FN5O2S/c1-17(2,26-23-9-8-12(18)10-23)15(24)20-16-19-14(21-22-16)11-4-6-13(25-3)7-5-11/h4-7,12H,8-10H2,1-3H3,(H2,19,20,21,22,24)/t12-/m1/s1. The minimum Gasteiger partial charge on any atom is -0.497 e. The van der Waals surface area contributed by atoms with Crippen LogP contribution in [-0.2, 0) is 4.79 Å². The Morgan fingerprint density at radius 3 is 2.77 bits per heavy atom. The number of hydrogen-bond donors (Lipinski definition) is 2. The summed E-state index contributed by atoms with van der Waals surface area (Å²) >= 11 is 1.35. The fraction of sp³-hybridized carbons (Fsp3) is 0.471. The maximum Gasteiger partial charge on any atom is 0.249 e. The van der Waals surface area contributed by atoms with Gasteiger partial charge < -0.3 is 4.74 Å². The van der Waals surface area contributed by atoms with Crippen molar-refractivity contribution in [2.75, 3.05) is 25.5 Å². The summed E-state index contributed by atoms with van der Waals surface area (Å²) in [6.07, 6.45) is -0.307. The summed E-state index contributed by atoms with van der Waals surface area (Å²) in [6.45, 7) is 4.60. The molecule has 2 aromatic rings. The molecule has 1 amide bonds. The molecule has 1 aromatic heterocycles. The fourth-order valence-electron chi connectivity index (χ4n) is 2.58. The van der Waals surface area contributed by atoms with E-state index in [2.05, 4.69) is 20.5 Å². The Hall–Kier alpha value is -2.13. The molecule has 140 valence electrons. The highest BCUT2D eigenvalue weighted by Crippen LogP contribution is 2.32. The Morgan fingerprint density at radius 2 is 2.15 bits per heavy atom. The van der Waals surface area contributed by atoms with E-state index in [0.29, 0.717) is 25.3 Å². The molecule has 0 aliphatic carbocycles. The van der Waals surface area contributed by atoms with Crippen molar-refractivity contribution in [2.45, 2.75) is 31.2 Å². The zero-order valence-electron chi connectivity index (χ0n) is 15.0. The predicted octanol–water partition coefficient (Wildman–Crippen LogP) is 2.89. The normalized spacial score (nSPS) is 18.1. The van der Waals surface area contributed by atoms with Crippen LogP contribution in [0.4, 0.5) is 10.3 Å². The summed E-state index contributed by atoms with van der Waals surface area (Å²) < 4.78 is 19.6. The minimum atomic E-state index is -0.818. The van der Waals surface area contributed by atoms with Gasteiger partial charge in [0, 0.05) is 18.7 Å². The van der Waals surface area contributed by atoms with Crippen molar-refractivity contribution in [1.82, 2.24) is 19.5 Å². The lowest BCUT2D eigenvalue weighted by molar-refractivity contribution is -0.117. The van der Waals surface area contributed by atoms with Crippen molar-refractivity contribution >= 4 is 23.8 Å². The summed E-state index contributed by atoms with van der Waals surface area (Å²) in [5.74, 6) is 1.27. The summed E-state index contributed by atoms with van der Waals surface area (Å²) in [7, 11) is 1.60. The monoisotopic (exact) mass is 379 g/mol. The summed E-state index contributed by atoms with van der Waals surface area (Å²) in [4.78, 5) is 16.9. The number of halogens is 1. The number of methoxy groups -OCH3 is 1. The molecule has 1 aliphatic rings. The molecular weight excluding hydrogens is 357 g/mol. The van der Waals surface area contributed by atoms with Crippen molar-refractivity contribution in [2.24, 2.45) is 0 Å². The number of ether oxygens (including phenoxy) is 1. The summed E-state index contributed by atoms with van der Waals surface area (Å²) in [6, 6.07) is 7.35. The number of anilines is 1. The van der Waals surface area contributed by atoms with Crippen LogP contribution < -0.4 is 10.1 Å². The Kier molecular flexibility index (Phi) is 5.47. The molecule has 7 nitrogen and oxygen atoms in total. The molecule has 2 N–H and O–H groups in total. The number of carbonyl (C=O) groups excluding carboxylic acids is 1. The van der Waals surface area contributed by atoms with Crippen LogP contribution in [0.2, 0.25) is 0 Å². The predicted molar refractivity (Wildman–Crippen MR) is 99.8 cm³/mol. The SMILES string of the molecule is COc1ccc(-c2nc(NC(=O)C(C)(C)SN3CC[C@@H](F)C3)n[nH]2)cc1. The lowest BCUT2D eigenvalue weighted by atomic mass is 10.2. The van der Waals surface area contributed by atoms with Gasteiger partial charge in [-0.05, 0) is 44.5 Å². The van der Waals surface area contributed by atoms with Crippen LogP contribution in [0.15, 0.2) is 24.3 Å². The van der Waals surface area contributed by atoms with Crippen LogP contribution in [0.25, 0.3) is 11.4 Å². The average molecular weight is 379 g/mol.